The first kappa shape index (κ1) is 26.1. The summed E-state index contributed by atoms with van der Waals surface area (Å²) in [7, 11) is -6.97. The zero-order chi connectivity index (χ0) is 24.1. The van der Waals surface area contributed by atoms with Crippen LogP contribution in [0.2, 0.25) is 78.6 Å². The molecule has 2 heterocycles. The quantitative estimate of drug-likeness (QED) is 0.372. The van der Waals surface area contributed by atoms with Crippen molar-refractivity contribution in [3.05, 3.63) is 35.4 Å². The van der Waals surface area contributed by atoms with Gasteiger partial charge in [0.05, 0.1) is 0 Å². The van der Waals surface area contributed by atoms with E-state index in [2.05, 4.69) is 123 Å². The molecule has 9 heteroatoms. The van der Waals surface area contributed by atoms with Crippen molar-refractivity contribution in [1.29, 1.82) is 0 Å². The number of fused-ring (bicyclic) bond motifs is 5. The molecule has 2 aliphatic heterocycles. The van der Waals surface area contributed by atoms with Crippen LogP contribution in [-0.4, -0.2) is 53.4 Å². The van der Waals surface area contributed by atoms with Crippen LogP contribution in [0.25, 0.3) is 0 Å². The SMILES string of the molecule is C[C@@]12O[C@@](C)(c3ccccc31)[Ge]([N]([Si](C)(C)C)[Si](C)(C)C)([N]([Si](C)(C)C)[Si](C)(C)C)[O]2. The Morgan fingerprint density at radius 2 is 1.00 bits per heavy atom. The number of benzene rings is 1. The molecule has 2 bridgehead atoms. The molecule has 1 aromatic rings. The molecule has 0 aromatic heterocycles. The Labute approximate surface area is 199 Å². The Balaban J connectivity index is 2.50. The summed E-state index contributed by atoms with van der Waals surface area (Å²) < 4.78 is 20.6. The fourth-order valence-corrected chi connectivity index (χ4v) is 65.4. The number of ether oxygens (including phenoxy) is 1. The molecule has 2 atom stereocenters. The van der Waals surface area contributed by atoms with E-state index in [9.17, 15) is 0 Å². The van der Waals surface area contributed by atoms with Gasteiger partial charge in [-0.1, -0.05) is 0 Å². The molecule has 0 radical (unpaired) electrons. The van der Waals surface area contributed by atoms with Crippen molar-refractivity contribution in [3.63, 3.8) is 0 Å². The number of hydrogen-bond donors (Lipinski definition) is 0. The third-order valence-corrected chi connectivity index (χ3v) is 50.5. The summed E-state index contributed by atoms with van der Waals surface area (Å²) >= 11 is -3.53. The number of hydrogen-bond acceptors (Lipinski definition) is 4. The minimum atomic E-state index is -3.53. The van der Waals surface area contributed by atoms with Gasteiger partial charge in [0.1, 0.15) is 0 Å². The molecule has 3 rings (SSSR count). The van der Waals surface area contributed by atoms with Gasteiger partial charge in [0.2, 0.25) is 0 Å². The van der Waals surface area contributed by atoms with Crippen molar-refractivity contribution < 1.29 is 8.50 Å². The third-order valence-electron chi connectivity index (χ3n) is 6.58. The van der Waals surface area contributed by atoms with Crippen LogP contribution in [0.3, 0.4) is 0 Å². The van der Waals surface area contributed by atoms with Crippen molar-refractivity contribution in [2.75, 3.05) is 0 Å². The summed E-state index contributed by atoms with van der Waals surface area (Å²) in [6.45, 7) is 35.1. The number of nitrogens with zero attached hydrogens (tertiary/aromatic N) is 2. The Morgan fingerprint density at radius 1 is 0.645 bits per heavy atom. The summed E-state index contributed by atoms with van der Waals surface area (Å²) in [6.07, 6.45) is 0. The van der Waals surface area contributed by atoms with Gasteiger partial charge in [-0.2, -0.15) is 0 Å². The molecule has 4 nitrogen and oxygen atoms in total. The average Bonchev–Trinajstić information content (AvgIpc) is 2.83. The minimum absolute atomic E-state index is 0.355. The van der Waals surface area contributed by atoms with E-state index in [1.54, 1.807) is 0 Å². The van der Waals surface area contributed by atoms with E-state index in [0.29, 0.717) is 0 Å². The zero-order valence-electron chi connectivity index (χ0n) is 22.5. The van der Waals surface area contributed by atoms with Gasteiger partial charge in [0, 0.05) is 0 Å². The maximum atomic E-state index is 7.65. The molecule has 0 saturated carbocycles. The molecule has 176 valence electrons. The molecular weight excluding hydrogens is 509 g/mol. The van der Waals surface area contributed by atoms with Crippen molar-refractivity contribution in [2.45, 2.75) is 103 Å². The fraction of sp³-hybridized carbons (Fsp3) is 0.727. The normalized spacial score (nSPS) is 28.5. The number of rotatable bonds is 6. The molecular formula is C22H46GeN2O2Si4. The van der Waals surface area contributed by atoms with E-state index >= 15 is 0 Å². The van der Waals surface area contributed by atoms with Crippen LogP contribution in [0.4, 0.5) is 0 Å². The predicted molar refractivity (Wildman–Crippen MR) is 146 cm³/mol. The van der Waals surface area contributed by atoms with Gasteiger partial charge in [-0.3, -0.25) is 0 Å². The van der Waals surface area contributed by atoms with Crippen LogP contribution < -0.4 is 0 Å². The van der Waals surface area contributed by atoms with Crippen molar-refractivity contribution in [1.82, 2.24) is 6.38 Å². The zero-order valence-corrected chi connectivity index (χ0v) is 28.6. The van der Waals surface area contributed by atoms with Gasteiger partial charge in [-0.25, -0.2) is 0 Å². The maximum absolute atomic E-state index is 7.65. The van der Waals surface area contributed by atoms with Gasteiger partial charge in [-0.15, -0.1) is 0 Å². The van der Waals surface area contributed by atoms with E-state index in [0.717, 1.165) is 0 Å². The van der Waals surface area contributed by atoms with E-state index in [4.69, 9.17) is 8.50 Å². The van der Waals surface area contributed by atoms with E-state index in [1.807, 2.05) is 0 Å². The predicted octanol–water partition coefficient (Wildman–Crippen LogP) is 6.56. The van der Waals surface area contributed by atoms with E-state index in [-0.39, 0.29) is 4.43 Å². The monoisotopic (exact) mass is 556 g/mol. The van der Waals surface area contributed by atoms with Crippen LogP contribution in [-0.2, 0) is 18.7 Å². The van der Waals surface area contributed by atoms with Crippen molar-refractivity contribution in [2.24, 2.45) is 0 Å². The second kappa shape index (κ2) is 7.24. The second-order valence-electron chi connectivity index (χ2n) is 13.7. The molecule has 0 aliphatic carbocycles. The van der Waals surface area contributed by atoms with Crippen LogP contribution in [0.5, 0.6) is 0 Å². The molecule has 0 spiro atoms. The Kier molecular flexibility index (Phi) is 6.09. The average molecular weight is 556 g/mol. The van der Waals surface area contributed by atoms with Crippen LogP contribution in [0.15, 0.2) is 24.3 Å². The Bertz CT molecular complexity index is 812. The summed E-state index contributed by atoms with van der Waals surface area (Å²) in [5, 5.41) is 0. The fourth-order valence-electron chi connectivity index (χ4n) is 6.93. The van der Waals surface area contributed by atoms with Gasteiger partial charge in [-0.05, 0) is 0 Å². The van der Waals surface area contributed by atoms with Crippen LogP contribution in [0, 0.1) is 0 Å². The summed E-state index contributed by atoms with van der Waals surface area (Å²) in [5.41, 5.74) is 2.64. The molecule has 0 unspecified atom stereocenters. The Morgan fingerprint density at radius 3 is 1.35 bits per heavy atom. The second-order valence-corrected chi connectivity index (χ2v) is 44.4. The summed E-state index contributed by atoms with van der Waals surface area (Å²) in [5.74, 6) is -0.638. The molecule has 2 aliphatic rings. The topological polar surface area (TPSA) is 24.9 Å². The summed E-state index contributed by atoms with van der Waals surface area (Å²) in [6, 6.07) is 8.90. The first-order valence-corrected chi connectivity index (χ1v) is 29.3. The van der Waals surface area contributed by atoms with Gasteiger partial charge >= 0.3 is 200 Å². The molecule has 31 heavy (non-hydrogen) atoms. The third kappa shape index (κ3) is 3.81. The van der Waals surface area contributed by atoms with Crippen molar-refractivity contribution >= 4 is 47.0 Å². The first-order chi connectivity index (χ1) is 13.6. The van der Waals surface area contributed by atoms with E-state index < -0.39 is 52.8 Å². The molecule has 1 fully saturated rings. The van der Waals surface area contributed by atoms with Gasteiger partial charge in [0.25, 0.3) is 0 Å². The van der Waals surface area contributed by atoms with Crippen LogP contribution in [0.1, 0.15) is 25.0 Å². The van der Waals surface area contributed by atoms with E-state index in [1.165, 1.54) is 11.1 Å². The van der Waals surface area contributed by atoms with Gasteiger partial charge < -0.3 is 0 Å². The van der Waals surface area contributed by atoms with Crippen LogP contribution >= 0.6 is 0 Å². The van der Waals surface area contributed by atoms with Gasteiger partial charge in [0.15, 0.2) is 0 Å². The first-order valence-electron chi connectivity index (χ1n) is 11.7. The Hall–Kier alpha value is 0.470. The molecule has 1 aromatic carbocycles. The molecule has 1 saturated heterocycles. The molecule has 0 N–H and O–H groups in total. The standard InChI is InChI=1S/C22H46GeN2O2Si4/c1-21-19-17-15-16-18-20(19)22(2,26-21)27-23(21,24(28(3,4)5)29(6,7)8)25(30(9,10)11)31(12,13)14/h15-18H,1-14H3/t21-,22-/m0/s1. The molecule has 0 amide bonds. The summed E-state index contributed by atoms with van der Waals surface area (Å²) in [4.78, 5) is 0. The van der Waals surface area contributed by atoms with Crippen molar-refractivity contribution in [3.8, 4) is 0 Å².